The largest absolute Gasteiger partial charge is 0.342 e. The predicted octanol–water partition coefficient (Wildman–Crippen LogP) is 1.79. The van der Waals surface area contributed by atoms with Gasteiger partial charge >= 0.3 is 0 Å². The molecule has 0 spiro atoms. The second-order valence-corrected chi connectivity index (χ2v) is 5.27. The minimum Gasteiger partial charge on any atom is -0.342 e. The Labute approximate surface area is 104 Å². The van der Waals surface area contributed by atoms with E-state index < -0.39 is 0 Å². The van der Waals surface area contributed by atoms with Crippen LogP contribution in [0.5, 0.6) is 0 Å². The Morgan fingerprint density at radius 2 is 2.06 bits per heavy atom. The van der Waals surface area contributed by atoms with Crippen LogP contribution in [-0.4, -0.2) is 29.9 Å². The van der Waals surface area contributed by atoms with Gasteiger partial charge in [0, 0.05) is 25.6 Å². The fraction of sp³-hybridized carbons (Fsp3) is 0.917. The van der Waals surface area contributed by atoms with Gasteiger partial charge in [-0.15, -0.1) is 12.4 Å². The van der Waals surface area contributed by atoms with E-state index in [9.17, 15) is 4.79 Å². The van der Waals surface area contributed by atoms with Gasteiger partial charge in [-0.25, -0.2) is 0 Å². The fourth-order valence-corrected chi connectivity index (χ4v) is 2.46. The molecule has 0 aromatic heterocycles. The molecule has 1 aliphatic heterocycles. The standard InChI is InChI=1S/C12H22N2O.ClH/c1-9-8-14(6-5-11(9)13)12(15)7-10-3-2-4-10;/h9-11H,2-8,13H2,1H3;1H. The van der Waals surface area contributed by atoms with Crippen molar-refractivity contribution in [3.05, 3.63) is 0 Å². The molecule has 16 heavy (non-hydrogen) atoms. The number of halogens is 1. The normalized spacial score (nSPS) is 30.5. The van der Waals surface area contributed by atoms with Crippen LogP contribution in [0.2, 0.25) is 0 Å². The Bertz CT molecular complexity index is 243. The second kappa shape index (κ2) is 5.87. The Morgan fingerprint density at radius 3 is 2.56 bits per heavy atom. The van der Waals surface area contributed by atoms with Crippen LogP contribution in [0.3, 0.4) is 0 Å². The van der Waals surface area contributed by atoms with Gasteiger partial charge in [0.2, 0.25) is 5.91 Å². The molecule has 2 unspecified atom stereocenters. The molecule has 2 rings (SSSR count). The number of rotatable bonds is 2. The average molecular weight is 247 g/mol. The topological polar surface area (TPSA) is 46.3 Å². The van der Waals surface area contributed by atoms with Gasteiger partial charge < -0.3 is 10.6 Å². The van der Waals surface area contributed by atoms with Crippen molar-refractivity contribution < 1.29 is 4.79 Å². The summed E-state index contributed by atoms with van der Waals surface area (Å²) in [4.78, 5) is 14.0. The highest BCUT2D eigenvalue weighted by atomic mass is 35.5. The summed E-state index contributed by atoms with van der Waals surface area (Å²) >= 11 is 0. The summed E-state index contributed by atoms with van der Waals surface area (Å²) in [6.07, 6.45) is 5.59. The molecule has 2 N–H and O–H groups in total. The third-order valence-corrected chi connectivity index (χ3v) is 4.01. The molecule has 1 saturated heterocycles. The van der Waals surface area contributed by atoms with Gasteiger partial charge in [0.25, 0.3) is 0 Å². The first-order valence-electron chi connectivity index (χ1n) is 6.20. The smallest absolute Gasteiger partial charge is 0.222 e. The van der Waals surface area contributed by atoms with Crippen molar-refractivity contribution in [3.8, 4) is 0 Å². The fourth-order valence-electron chi connectivity index (χ4n) is 2.46. The SMILES string of the molecule is CC1CN(C(=O)CC2CCC2)CCC1N.Cl. The number of hydrogen-bond donors (Lipinski definition) is 1. The first-order chi connectivity index (χ1) is 7.16. The van der Waals surface area contributed by atoms with Crippen LogP contribution in [0.1, 0.15) is 39.0 Å². The van der Waals surface area contributed by atoms with Gasteiger partial charge in [-0.2, -0.15) is 0 Å². The third kappa shape index (κ3) is 3.11. The maximum atomic E-state index is 11.9. The van der Waals surface area contributed by atoms with E-state index >= 15 is 0 Å². The molecule has 0 radical (unpaired) electrons. The van der Waals surface area contributed by atoms with E-state index in [0.29, 0.717) is 17.7 Å². The molecule has 1 saturated carbocycles. The zero-order valence-corrected chi connectivity index (χ0v) is 10.8. The number of nitrogens with zero attached hydrogens (tertiary/aromatic N) is 1. The molecule has 4 heteroatoms. The average Bonchev–Trinajstić information content (AvgIpc) is 2.15. The first kappa shape index (κ1) is 13.8. The van der Waals surface area contributed by atoms with Crippen molar-refractivity contribution in [2.45, 2.75) is 45.1 Å². The van der Waals surface area contributed by atoms with Crippen molar-refractivity contribution in [2.75, 3.05) is 13.1 Å². The summed E-state index contributed by atoms with van der Waals surface area (Å²) < 4.78 is 0. The lowest BCUT2D eigenvalue weighted by molar-refractivity contribution is -0.134. The maximum Gasteiger partial charge on any atom is 0.222 e. The zero-order valence-electron chi connectivity index (χ0n) is 10.0. The second-order valence-electron chi connectivity index (χ2n) is 5.27. The highest BCUT2D eigenvalue weighted by Gasteiger charge is 2.28. The van der Waals surface area contributed by atoms with E-state index in [0.717, 1.165) is 25.9 Å². The zero-order chi connectivity index (χ0) is 10.8. The molecule has 2 atom stereocenters. The number of piperidine rings is 1. The van der Waals surface area contributed by atoms with Crippen molar-refractivity contribution in [1.82, 2.24) is 4.90 Å². The Balaban J connectivity index is 0.00000128. The molecule has 0 bridgehead atoms. The number of likely N-dealkylation sites (tertiary alicyclic amines) is 1. The first-order valence-corrected chi connectivity index (χ1v) is 6.20. The molecule has 2 fully saturated rings. The van der Waals surface area contributed by atoms with Crippen molar-refractivity contribution in [3.63, 3.8) is 0 Å². The van der Waals surface area contributed by atoms with Crippen molar-refractivity contribution in [1.29, 1.82) is 0 Å². The highest BCUT2D eigenvalue weighted by molar-refractivity contribution is 5.85. The molecule has 0 aromatic rings. The predicted molar refractivity (Wildman–Crippen MR) is 67.5 cm³/mol. The lowest BCUT2D eigenvalue weighted by Crippen LogP contribution is -2.48. The lowest BCUT2D eigenvalue weighted by atomic mass is 9.82. The molecule has 1 amide bonds. The molecule has 3 nitrogen and oxygen atoms in total. The van der Waals surface area contributed by atoms with Gasteiger partial charge in [-0.05, 0) is 31.1 Å². The molecular weight excluding hydrogens is 224 g/mol. The Hall–Kier alpha value is -0.280. The van der Waals surface area contributed by atoms with Gasteiger partial charge in [0.1, 0.15) is 0 Å². The molecule has 0 aromatic carbocycles. The van der Waals surface area contributed by atoms with Crippen LogP contribution in [-0.2, 0) is 4.79 Å². The number of carbonyl (C=O) groups is 1. The van der Waals surface area contributed by atoms with E-state index in [4.69, 9.17) is 5.73 Å². The number of carbonyl (C=O) groups excluding carboxylic acids is 1. The summed E-state index contributed by atoms with van der Waals surface area (Å²) in [6, 6.07) is 0.290. The quantitative estimate of drug-likeness (QED) is 0.808. The van der Waals surface area contributed by atoms with Crippen LogP contribution < -0.4 is 5.73 Å². The van der Waals surface area contributed by atoms with Crippen LogP contribution in [0, 0.1) is 11.8 Å². The number of amides is 1. The van der Waals surface area contributed by atoms with Gasteiger partial charge in [0.15, 0.2) is 0 Å². The van der Waals surface area contributed by atoms with E-state index in [-0.39, 0.29) is 18.4 Å². The minimum absolute atomic E-state index is 0. The summed E-state index contributed by atoms with van der Waals surface area (Å²) in [5.41, 5.74) is 5.94. The Kier molecular flexibility index (Phi) is 5.06. The lowest BCUT2D eigenvalue weighted by Gasteiger charge is -2.36. The molecule has 1 heterocycles. The van der Waals surface area contributed by atoms with Gasteiger partial charge in [-0.3, -0.25) is 4.79 Å². The van der Waals surface area contributed by atoms with Crippen LogP contribution in [0.4, 0.5) is 0 Å². The third-order valence-electron chi connectivity index (χ3n) is 4.01. The van der Waals surface area contributed by atoms with Crippen LogP contribution >= 0.6 is 12.4 Å². The van der Waals surface area contributed by atoms with Gasteiger partial charge in [0.05, 0.1) is 0 Å². The minimum atomic E-state index is 0. The van der Waals surface area contributed by atoms with E-state index in [1.807, 2.05) is 4.90 Å². The van der Waals surface area contributed by atoms with E-state index in [1.165, 1.54) is 19.3 Å². The van der Waals surface area contributed by atoms with Gasteiger partial charge in [-0.1, -0.05) is 13.3 Å². The van der Waals surface area contributed by atoms with Crippen LogP contribution in [0.25, 0.3) is 0 Å². The molecule has 1 aliphatic carbocycles. The highest BCUT2D eigenvalue weighted by Crippen LogP contribution is 2.30. The van der Waals surface area contributed by atoms with E-state index in [2.05, 4.69) is 6.92 Å². The summed E-state index contributed by atoms with van der Waals surface area (Å²) in [7, 11) is 0. The summed E-state index contributed by atoms with van der Waals surface area (Å²) in [5.74, 6) is 1.51. The maximum absolute atomic E-state index is 11.9. The molecule has 94 valence electrons. The molecule has 2 aliphatic rings. The number of hydrogen-bond acceptors (Lipinski definition) is 2. The van der Waals surface area contributed by atoms with Crippen LogP contribution in [0.15, 0.2) is 0 Å². The Morgan fingerprint density at radius 1 is 1.38 bits per heavy atom. The monoisotopic (exact) mass is 246 g/mol. The van der Waals surface area contributed by atoms with Crippen molar-refractivity contribution in [2.24, 2.45) is 17.6 Å². The number of nitrogens with two attached hydrogens (primary N) is 1. The van der Waals surface area contributed by atoms with Crippen molar-refractivity contribution >= 4 is 18.3 Å². The summed E-state index contributed by atoms with van der Waals surface area (Å²) in [6.45, 7) is 3.89. The molecular formula is C12H23ClN2O. The summed E-state index contributed by atoms with van der Waals surface area (Å²) in [5, 5.41) is 0. The van der Waals surface area contributed by atoms with E-state index in [1.54, 1.807) is 0 Å².